The summed E-state index contributed by atoms with van der Waals surface area (Å²) >= 11 is 2.34. The number of aliphatic carboxylic acids is 2. The van der Waals surface area contributed by atoms with Crippen LogP contribution in [0.1, 0.15) is 11.3 Å². The summed E-state index contributed by atoms with van der Waals surface area (Å²) in [7, 11) is 0. The molecular weight excluding hydrogens is 396 g/mol. The minimum atomic E-state index is -1.21. The van der Waals surface area contributed by atoms with Gasteiger partial charge in [0.1, 0.15) is 17.1 Å². The lowest BCUT2D eigenvalue weighted by atomic mass is 10.0. The Hall–Kier alpha value is -2.86. The van der Waals surface area contributed by atoms with Gasteiger partial charge in [-0.3, -0.25) is 19.3 Å². The molecule has 3 heterocycles. The number of carbonyl (C=O) groups excluding carboxylic acids is 2. The first kappa shape index (κ1) is 18.9. The Morgan fingerprint density at radius 1 is 1.41 bits per heavy atom. The van der Waals surface area contributed by atoms with Crippen molar-refractivity contribution < 1.29 is 29.4 Å². The predicted molar refractivity (Wildman–Crippen MR) is 97.5 cm³/mol. The first-order valence-corrected chi connectivity index (χ1v) is 9.48. The largest absolute Gasteiger partial charge is 0.481 e. The molecule has 0 bridgehead atoms. The van der Waals surface area contributed by atoms with Gasteiger partial charge in [-0.2, -0.15) is 0 Å². The van der Waals surface area contributed by atoms with Gasteiger partial charge < -0.3 is 21.3 Å². The van der Waals surface area contributed by atoms with Gasteiger partial charge in [-0.05, 0) is 6.08 Å². The molecule has 2 amide bonds. The summed E-state index contributed by atoms with van der Waals surface area (Å²) in [4.78, 5) is 52.4. The van der Waals surface area contributed by atoms with E-state index in [2.05, 4.69) is 10.3 Å². The fourth-order valence-electron chi connectivity index (χ4n) is 2.66. The van der Waals surface area contributed by atoms with Crippen LogP contribution >= 0.6 is 23.1 Å². The average Bonchev–Trinajstić information content (AvgIpc) is 3.04. The summed E-state index contributed by atoms with van der Waals surface area (Å²) < 4.78 is 0. The molecule has 1 aromatic rings. The first-order valence-electron chi connectivity index (χ1n) is 7.62. The maximum Gasteiger partial charge on any atom is 0.352 e. The number of fused-ring (bicyclic) bond motifs is 1. The summed E-state index contributed by atoms with van der Waals surface area (Å²) in [6.45, 7) is 0. The Morgan fingerprint density at radius 3 is 2.74 bits per heavy atom. The molecule has 10 nitrogen and oxygen atoms in total. The van der Waals surface area contributed by atoms with Crippen LogP contribution in [0.15, 0.2) is 24.0 Å². The molecule has 1 aromatic heterocycles. The molecule has 3 rings (SSSR count). The summed E-state index contributed by atoms with van der Waals surface area (Å²) in [6.07, 6.45) is 3.62. The van der Waals surface area contributed by atoms with Crippen LogP contribution in [-0.2, 0) is 19.2 Å². The number of carboxylic acid groups (broad SMARTS) is 2. The van der Waals surface area contributed by atoms with E-state index < -0.39 is 41.6 Å². The lowest BCUT2D eigenvalue weighted by Gasteiger charge is -2.48. The van der Waals surface area contributed by atoms with Gasteiger partial charge in [0, 0.05) is 11.9 Å². The zero-order valence-corrected chi connectivity index (χ0v) is 15.2. The predicted octanol–water partition coefficient (Wildman–Crippen LogP) is -0.0482. The molecule has 2 atom stereocenters. The number of nitrogens with two attached hydrogens (primary N) is 1. The van der Waals surface area contributed by atoms with Crippen molar-refractivity contribution in [2.75, 3.05) is 11.5 Å². The van der Waals surface area contributed by atoms with Crippen LogP contribution < -0.4 is 11.1 Å². The maximum absolute atomic E-state index is 12.7. The van der Waals surface area contributed by atoms with Crippen molar-refractivity contribution in [1.29, 1.82) is 0 Å². The number of thiazole rings is 1. The van der Waals surface area contributed by atoms with Crippen LogP contribution in [0.25, 0.3) is 5.57 Å². The molecule has 0 spiro atoms. The number of carboxylic acids is 2. The van der Waals surface area contributed by atoms with Crippen molar-refractivity contribution in [2.45, 2.75) is 17.8 Å². The van der Waals surface area contributed by atoms with E-state index in [0.717, 1.165) is 16.2 Å². The number of hydrogen-bond acceptors (Lipinski definition) is 8. The Morgan fingerprint density at radius 2 is 2.15 bits per heavy atom. The van der Waals surface area contributed by atoms with Crippen LogP contribution in [0.2, 0.25) is 0 Å². The lowest BCUT2D eigenvalue weighted by Crippen LogP contribution is -2.70. The number of rotatable bonds is 6. The summed E-state index contributed by atoms with van der Waals surface area (Å²) in [5, 5.41) is 20.3. The number of nitrogen functional groups attached to an aromatic ring is 1. The molecule has 1 saturated heterocycles. The molecule has 0 unspecified atom stereocenters. The molecule has 2 aliphatic heterocycles. The van der Waals surface area contributed by atoms with E-state index in [1.54, 1.807) is 0 Å². The molecule has 0 radical (unpaired) electrons. The standard InChI is InChI=1S/C15H14N4O6S2/c16-15-17-5-8(27-15)6(1-2-9(20)21)11(22)18-10-12(23)19-7(14(24)25)3-4-26-13(10)19/h1,3,5,10,13H,2,4H2,(H2,16,17)(H,18,22)(H,20,21)(H,24,25)/b6-1-/t10-,13-/m0/s1. The zero-order chi connectivity index (χ0) is 19.7. The van der Waals surface area contributed by atoms with Crippen molar-refractivity contribution in [3.05, 3.63) is 28.9 Å². The van der Waals surface area contributed by atoms with Crippen molar-refractivity contribution in [3.63, 3.8) is 0 Å². The number of β-lactam (4-membered cyclic amide) rings is 1. The molecule has 5 N–H and O–H groups in total. The number of amides is 2. The van der Waals surface area contributed by atoms with Crippen LogP contribution in [0.4, 0.5) is 5.13 Å². The molecule has 1 fully saturated rings. The highest BCUT2D eigenvalue weighted by molar-refractivity contribution is 8.00. The smallest absolute Gasteiger partial charge is 0.352 e. The monoisotopic (exact) mass is 410 g/mol. The van der Waals surface area contributed by atoms with Gasteiger partial charge in [-0.15, -0.1) is 11.8 Å². The van der Waals surface area contributed by atoms with Gasteiger partial charge in [0.15, 0.2) is 5.13 Å². The second-order valence-corrected chi connectivity index (χ2v) is 7.77. The number of nitrogens with zero attached hydrogens (tertiary/aromatic N) is 2. The Kier molecular flexibility index (Phi) is 5.19. The van der Waals surface area contributed by atoms with E-state index in [-0.39, 0.29) is 16.4 Å². The summed E-state index contributed by atoms with van der Waals surface area (Å²) in [6, 6.07) is -0.899. The van der Waals surface area contributed by atoms with Gasteiger partial charge in [-0.1, -0.05) is 17.4 Å². The van der Waals surface area contributed by atoms with E-state index in [4.69, 9.17) is 15.9 Å². The average molecular weight is 410 g/mol. The number of carbonyl (C=O) groups is 4. The third-order valence-electron chi connectivity index (χ3n) is 3.87. The second-order valence-electron chi connectivity index (χ2n) is 5.56. The van der Waals surface area contributed by atoms with E-state index in [1.807, 2.05) is 0 Å². The molecule has 0 saturated carbocycles. The zero-order valence-electron chi connectivity index (χ0n) is 13.6. The summed E-state index contributed by atoms with van der Waals surface area (Å²) in [5.41, 5.74) is 5.51. The van der Waals surface area contributed by atoms with Crippen LogP contribution in [0, 0.1) is 0 Å². The van der Waals surface area contributed by atoms with Gasteiger partial charge in [0.25, 0.3) is 11.8 Å². The number of aromatic nitrogens is 1. The maximum atomic E-state index is 12.7. The van der Waals surface area contributed by atoms with Crippen LogP contribution in [0.3, 0.4) is 0 Å². The van der Waals surface area contributed by atoms with Gasteiger partial charge >= 0.3 is 11.9 Å². The molecule has 0 aromatic carbocycles. The summed E-state index contributed by atoms with van der Waals surface area (Å²) in [5.74, 6) is -3.11. The van der Waals surface area contributed by atoms with Crippen LogP contribution in [0.5, 0.6) is 0 Å². The van der Waals surface area contributed by atoms with Crippen molar-refractivity contribution in [1.82, 2.24) is 15.2 Å². The van der Waals surface area contributed by atoms with Crippen LogP contribution in [-0.4, -0.2) is 61.0 Å². The highest BCUT2D eigenvalue weighted by atomic mass is 32.2. The Balaban J connectivity index is 1.78. The van der Waals surface area contributed by atoms with E-state index in [0.29, 0.717) is 10.6 Å². The third kappa shape index (κ3) is 3.66. The van der Waals surface area contributed by atoms with E-state index in [1.165, 1.54) is 30.1 Å². The molecule has 12 heteroatoms. The van der Waals surface area contributed by atoms with Crippen molar-refractivity contribution >= 4 is 57.6 Å². The van der Waals surface area contributed by atoms with Gasteiger partial charge in [0.2, 0.25) is 0 Å². The van der Waals surface area contributed by atoms with Gasteiger partial charge in [0.05, 0.1) is 16.9 Å². The minimum Gasteiger partial charge on any atom is -0.481 e. The number of anilines is 1. The van der Waals surface area contributed by atoms with E-state index >= 15 is 0 Å². The van der Waals surface area contributed by atoms with Crippen molar-refractivity contribution in [3.8, 4) is 0 Å². The molecular formula is C15H14N4O6S2. The molecule has 142 valence electrons. The topological polar surface area (TPSA) is 163 Å². The highest BCUT2D eigenvalue weighted by Gasteiger charge is 2.52. The fraction of sp³-hybridized carbons (Fsp3) is 0.267. The number of thioether (sulfide) groups is 1. The Bertz CT molecular complexity index is 893. The molecule has 0 aliphatic carbocycles. The number of hydrogen-bond donors (Lipinski definition) is 4. The minimum absolute atomic E-state index is 0.0488. The molecule has 2 aliphatic rings. The third-order valence-corrected chi connectivity index (χ3v) is 5.91. The van der Waals surface area contributed by atoms with Crippen molar-refractivity contribution in [2.24, 2.45) is 0 Å². The quantitative estimate of drug-likeness (QED) is 0.372. The highest BCUT2D eigenvalue weighted by Crippen LogP contribution is 2.37. The van der Waals surface area contributed by atoms with E-state index in [9.17, 15) is 19.2 Å². The number of nitrogens with one attached hydrogen (secondary N) is 1. The Labute approximate surface area is 160 Å². The normalized spacial score (nSPS) is 21.8. The first-order chi connectivity index (χ1) is 12.8. The van der Waals surface area contributed by atoms with Gasteiger partial charge in [-0.25, -0.2) is 9.78 Å². The SMILES string of the molecule is Nc1ncc(/C(=C/CC(=O)O)C(=O)N[C@H]2C(=O)N3C(C(=O)O)=CCS[C@@H]23)s1. The lowest BCUT2D eigenvalue weighted by molar-refractivity contribution is -0.150. The fourth-order valence-corrected chi connectivity index (χ4v) is 4.58. The second kappa shape index (κ2) is 7.40. The molecule has 27 heavy (non-hydrogen) atoms.